The predicted molar refractivity (Wildman–Crippen MR) is 79.7 cm³/mol. The number of rotatable bonds is 4. The third-order valence-corrected chi connectivity index (χ3v) is 4.52. The summed E-state index contributed by atoms with van der Waals surface area (Å²) < 4.78 is 6.36. The predicted octanol–water partition coefficient (Wildman–Crippen LogP) is 3.79. The van der Waals surface area contributed by atoms with Crippen molar-refractivity contribution in [2.75, 3.05) is 13.2 Å². The molecule has 1 aliphatic rings. The van der Waals surface area contributed by atoms with E-state index in [-0.39, 0.29) is 12.0 Å². The van der Waals surface area contributed by atoms with Crippen molar-refractivity contribution in [3.63, 3.8) is 0 Å². The Labute approximate surface area is 126 Å². The Morgan fingerprint density at radius 2 is 2.32 bits per heavy atom. The van der Waals surface area contributed by atoms with Crippen LogP contribution in [0.25, 0.3) is 0 Å². The fourth-order valence-corrected chi connectivity index (χ4v) is 2.73. The zero-order chi connectivity index (χ0) is 13.7. The van der Waals surface area contributed by atoms with Crippen LogP contribution in [0.4, 0.5) is 0 Å². The molecule has 1 saturated heterocycles. The van der Waals surface area contributed by atoms with Gasteiger partial charge in [0, 0.05) is 17.6 Å². The fraction of sp³-hybridized carbons (Fsp3) is 0.500. The molecule has 2 rings (SSSR count). The standard InChI is InChI=1S/C14H17BrClNO2/c15-12-6-3-5-11(13(12)16)14(18)17-8-7-10-4-1-2-9-19-10/h3,5-6,10H,1-2,4,7-9H2,(H,17,18). The van der Waals surface area contributed by atoms with Crippen molar-refractivity contribution in [3.8, 4) is 0 Å². The Balaban J connectivity index is 1.82. The van der Waals surface area contributed by atoms with E-state index in [0.29, 0.717) is 17.1 Å². The van der Waals surface area contributed by atoms with Crippen LogP contribution in [0.2, 0.25) is 5.02 Å². The number of hydrogen-bond acceptors (Lipinski definition) is 2. The smallest absolute Gasteiger partial charge is 0.252 e. The first kappa shape index (κ1) is 14.8. The van der Waals surface area contributed by atoms with Crippen molar-refractivity contribution >= 4 is 33.4 Å². The quantitative estimate of drug-likeness (QED) is 0.900. The van der Waals surface area contributed by atoms with Gasteiger partial charge in [0.25, 0.3) is 5.91 Å². The average molecular weight is 347 g/mol. The van der Waals surface area contributed by atoms with Crippen LogP contribution in [0.1, 0.15) is 36.0 Å². The molecule has 5 heteroatoms. The molecule has 1 atom stereocenters. The topological polar surface area (TPSA) is 38.3 Å². The molecule has 1 fully saturated rings. The van der Waals surface area contributed by atoms with E-state index in [0.717, 1.165) is 30.3 Å². The summed E-state index contributed by atoms with van der Waals surface area (Å²) in [5, 5.41) is 3.34. The van der Waals surface area contributed by atoms with Gasteiger partial charge in [0.1, 0.15) is 0 Å². The molecule has 1 N–H and O–H groups in total. The van der Waals surface area contributed by atoms with Gasteiger partial charge >= 0.3 is 0 Å². The Bertz CT molecular complexity index is 447. The van der Waals surface area contributed by atoms with Crippen LogP contribution in [0, 0.1) is 0 Å². The normalized spacial score (nSPS) is 19.2. The molecule has 1 aromatic carbocycles. The van der Waals surface area contributed by atoms with Crippen LogP contribution in [-0.2, 0) is 4.74 Å². The van der Waals surface area contributed by atoms with Gasteiger partial charge < -0.3 is 10.1 Å². The minimum Gasteiger partial charge on any atom is -0.378 e. The molecule has 3 nitrogen and oxygen atoms in total. The van der Waals surface area contributed by atoms with Crippen molar-refractivity contribution in [2.45, 2.75) is 31.8 Å². The molecular weight excluding hydrogens is 330 g/mol. The second kappa shape index (κ2) is 7.27. The number of carbonyl (C=O) groups is 1. The molecule has 0 spiro atoms. The van der Waals surface area contributed by atoms with Crippen LogP contribution >= 0.6 is 27.5 Å². The Hall–Kier alpha value is -0.580. The van der Waals surface area contributed by atoms with Crippen molar-refractivity contribution < 1.29 is 9.53 Å². The molecule has 1 heterocycles. The monoisotopic (exact) mass is 345 g/mol. The molecule has 1 unspecified atom stereocenters. The first-order valence-corrected chi connectivity index (χ1v) is 7.69. The molecule has 19 heavy (non-hydrogen) atoms. The minimum atomic E-state index is -0.137. The van der Waals surface area contributed by atoms with E-state index < -0.39 is 0 Å². The number of carbonyl (C=O) groups excluding carboxylic acids is 1. The number of halogens is 2. The van der Waals surface area contributed by atoms with E-state index in [1.807, 2.05) is 6.07 Å². The first-order valence-electron chi connectivity index (χ1n) is 6.52. The average Bonchev–Trinajstić information content (AvgIpc) is 2.43. The van der Waals surface area contributed by atoms with Crippen molar-refractivity contribution in [2.24, 2.45) is 0 Å². The van der Waals surface area contributed by atoms with Gasteiger partial charge in [0.2, 0.25) is 0 Å². The summed E-state index contributed by atoms with van der Waals surface area (Å²) in [6, 6.07) is 5.34. The zero-order valence-electron chi connectivity index (χ0n) is 10.6. The van der Waals surface area contributed by atoms with Gasteiger partial charge in [-0.1, -0.05) is 17.7 Å². The van der Waals surface area contributed by atoms with Gasteiger partial charge in [0.15, 0.2) is 0 Å². The van der Waals surface area contributed by atoms with E-state index >= 15 is 0 Å². The summed E-state index contributed by atoms with van der Waals surface area (Å²) in [4.78, 5) is 12.0. The largest absolute Gasteiger partial charge is 0.378 e. The van der Waals surface area contributed by atoms with Crippen LogP contribution in [-0.4, -0.2) is 25.2 Å². The van der Waals surface area contributed by atoms with Gasteiger partial charge in [-0.3, -0.25) is 4.79 Å². The lowest BCUT2D eigenvalue weighted by atomic mass is 10.1. The highest BCUT2D eigenvalue weighted by Crippen LogP contribution is 2.25. The lowest BCUT2D eigenvalue weighted by Crippen LogP contribution is -2.29. The van der Waals surface area contributed by atoms with Crippen LogP contribution < -0.4 is 5.32 Å². The maximum absolute atomic E-state index is 12.0. The van der Waals surface area contributed by atoms with Crippen molar-refractivity contribution in [1.29, 1.82) is 0 Å². The second-order valence-electron chi connectivity index (χ2n) is 4.63. The number of amides is 1. The molecule has 0 aliphatic carbocycles. The van der Waals surface area contributed by atoms with E-state index in [9.17, 15) is 4.79 Å². The summed E-state index contributed by atoms with van der Waals surface area (Å²) in [6.45, 7) is 1.46. The van der Waals surface area contributed by atoms with Crippen molar-refractivity contribution in [1.82, 2.24) is 5.32 Å². The van der Waals surface area contributed by atoms with Gasteiger partial charge in [0.05, 0.1) is 16.7 Å². The zero-order valence-corrected chi connectivity index (χ0v) is 13.0. The lowest BCUT2D eigenvalue weighted by molar-refractivity contribution is 0.0117. The van der Waals surface area contributed by atoms with Gasteiger partial charge in [-0.25, -0.2) is 0 Å². The fourth-order valence-electron chi connectivity index (χ4n) is 2.16. The Morgan fingerprint density at radius 3 is 3.05 bits per heavy atom. The molecule has 0 bridgehead atoms. The number of benzene rings is 1. The maximum Gasteiger partial charge on any atom is 0.252 e. The molecule has 1 amide bonds. The number of ether oxygens (including phenoxy) is 1. The Morgan fingerprint density at radius 1 is 1.47 bits per heavy atom. The van der Waals surface area contributed by atoms with Crippen molar-refractivity contribution in [3.05, 3.63) is 33.3 Å². The molecule has 0 radical (unpaired) electrons. The van der Waals surface area contributed by atoms with Gasteiger partial charge in [-0.05, 0) is 53.7 Å². The highest BCUT2D eigenvalue weighted by atomic mass is 79.9. The molecule has 104 valence electrons. The maximum atomic E-state index is 12.0. The Kier molecular flexibility index (Phi) is 5.67. The molecule has 0 aromatic heterocycles. The molecule has 0 saturated carbocycles. The van der Waals surface area contributed by atoms with Gasteiger partial charge in [-0.2, -0.15) is 0 Å². The highest BCUT2D eigenvalue weighted by Gasteiger charge is 2.15. The first-order chi connectivity index (χ1) is 9.18. The van der Waals surface area contributed by atoms with E-state index in [1.54, 1.807) is 12.1 Å². The molecular formula is C14H17BrClNO2. The summed E-state index contributed by atoms with van der Waals surface area (Å²) in [6.07, 6.45) is 4.60. The number of nitrogens with one attached hydrogen (secondary N) is 1. The SMILES string of the molecule is O=C(NCCC1CCCCO1)c1cccc(Br)c1Cl. The molecule has 1 aromatic rings. The van der Waals surface area contributed by atoms with Crippen LogP contribution in [0.15, 0.2) is 22.7 Å². The highest BCUT2D eigenvalue weighted by molar-refractivity contribution is 9.10. The second-order valence-corrected chi connectivity index (χ2v) is 5.87. The number of hydrogen-bond donors (Lipinski definition) is 1. The summed E-state index contributed by atoms with van der Waals surface area (Å²) in [5.74, 6) is -0.137. The van der Waals surface area contributed by atoms with E-state index in [4.69, 9.17) is 16.3 Å². The van der Waals surface area contributed by atoms with Crippen LogP contribution in [0.3, 0.4) is 0 Å². The van der Waals surface area contributed by atoms with E-state index in [2.05, 4.69) is 21.2 Å². The lowest BCUT2D eigenvalue weighted by Gasteiger charge is -2.22. The summed E-state index contributed by atoms with van der Waals surface area (Å²) in [5.41, 5.74) is 0.501. The van der Waals surface area contributed by atoms with Crippen LogP contribution in [0.5, 0.6) is 0 Å². The summed E-state index contributed by atoms with van der Waals surface area (Å²) >= 11 is 9.40. The third kappa shape index (κ3) is 4.20. The van der Waals surface area contributed by atoms with Gasteiger partial charge in [-0.15, -0.1) is 0 Å². The summed E-state index contributed by atoms with van der Waals surface area (Å²) in [7, 11) is 0. The molecule has 1 aliphatic heterocycles. The van der Waals surface area contributed by atoms with E-state index in [1.165, 1.54) is 6.42 Å². The minimum absolute atomic E-state index is 0.137. The third-order valence-electron chi connectivity index (χ3n) is 3.22.